The molecule has 30 heavy (non-hydrogen) atoms. The summed E-state index contributed by atoms with van der Waals surface area (Å²) in [4.78, 5) is 21.4. The van der Waals surface area contributed by atoms with Crippen LogP contribution in [0.25, 0.3) is 23.7 Å². The first-order chi connectivity index (χ1) is 14.2. The third-order valence-corrected chi connectivity index (χ3v) is 5.63. The molecule has 0 radical (unpaired) electrons. The van der Waals surface area contributed by atoms with Crippen molar-refractivity contribution >= 4 is 23.9 Å². The van der Waals surface area contributed by atoms with Crippen LogP contribution in [0, 0.1) is 12.3 Å². The number of fused-ring (bicyclic) bond motifs is 1. The molecule has 0 saturated heterocycles. The number of anilines is 1. The molecular formula is C22H23N5O3. The standard InChI is InChI=1S/C22H23N5O3/c1-14-5-6-15(19-24-13-30-26-19)11-16(14)25-20(28)17-12-23-18-7-8-22(4,21(2,3)29)9-10-27(17)18/h5-13,29H,1-4H3,(H,25,28). The van der Waals surface area contributed by atoms with Gasteiger partial charge in [-0.25, -0.2) is 4.98 Å². The third kappa shape index (κ3) is 3.46. The topological polar surface area (TPSA) is 106 Å². The number of hydrogen-bond donors (Lipinski definition) is 2. The quantitative estimate of drug-likeness (QED) is 0.684. The number of nitrogens with zero attached hydrogens (tertiary/aromatic N) is 4. The lowest BCUT2D eigenvalue weighted by Gasteiger charge is -2.35. The van der Waals surface area contributed by atoms with Gasteiger partial charge in [-0.05, 0) is 45.4 Å². The molecule has 0 bridgehead atoms. The molecule has 3 heterocycles. The second-order valence-electron chi connectivity index (χ2n) is 8.10. The van der Waals surface area contributed by atoms with Gasteiger partial charge in [0.05, 0.1) is 11.8 Å². The van der Waals surface area contributed by atoms with E-state index in [1.807, 2.05) is 44.2 Å². The van der Waals surface area contributed by atoms with E-state index >= 15 is 0 Å². The smallest absolute Gasteiger partial charge is 0.274 e. The number of carbonyl (C=O) groups is 1. The summed E-state index contributed by atoms with van der Waals surface area (Å²) < 4.78 is 6.51. The lowest BCUT2D eigenvalue weighted by molar-refractivity contribution is 0.00846. The first-order valence-corrected chi connectivity index (χ1v) is 9.55. The Bertz CT molecular complexity index is 1150. The van der Waals surface area contributed by atoms with Crippen LogP contribution in [0.2, 0.25) is 0 Å². The zero-order chi connectivity index (χ0) is 21.5. The molecule has 1 unspecified atom stereocenters. The Morgan fingerprint density at radius 1 is 1.27 bits per heavy atom. The summed E-state index contributed by atoms with van der Waals surface area (Å²) in [5, 5.41) is 17.3. The second kappa shape index (κ2) is 7.07. The van der Waals surface area contributed by atoms with Crippen molar-refractivity contribution in [2.45, 2.75) is 33.3 Å². The minimum absolute atomic E-state index is 0.299. The number of benzene rings is 1. The highest BCUT2D eigenvalue weighted by Gasteiger charge is 2.36. The Balaban J connectivity index is 1.64. The van der Waals surface area contributed by atoms with Crippen molar-refractivity contribution in [2.75, 3.05) is 5.32 Å². The Kier molecular flexibility index (Phi) is 4.66. The molecule has 4 rings (SSSR count). The van der Waals surface area contributed by atoms with Gasteiger partial charge in [-0.3, -0.25) is 9.36 Å². The van der Waals surface area contributed by atoms with Gasteiger partial charge in [0.25, 0.3) is 5.91 Å². The third-order valence-electron chi connectivity index (χ3n) is 5.63. The van der Waals surface area contributed by atoms with Crippen LogP contribution in [0.15, 0.2) is 47.5 Å². The predicted molar refractivity (Wildman–Crippen MR) is 113 cm³/mol. The number of imidazole rings is 1. The minimum Gasteiger partial charge on any atom is -0.389 e. The van der Waals surface area contributed by atoms with E-state index in [4.69, 9.17) is 4.52 Å². The normalized spacial score (nSPS) is 18.2. The van der Waals surface area contributed by atoms with E-state index in [1.165, 1.54) is 12.6 Å². The summed E-state index contributed by atoms with van der Waals surface area (Å²) in [6.07, 6.45) is 10.2. The van der Waals surface area contributed by atoms with Gasteiger partial charge in [0.2, 0.25) is 12.2 Å². The largest absolute Gasteiger partial charge is 0.389 e. The lowest BCUT2D eigenvalue weighted by Crippen LogP contribution is -2.37. The van der Waals surface area contributed by atoms with Crippen LogP contribution in [0.1, 0.15) is 42.6 Å². The van der Waals surface area contributed by atoms with Gasteiger partial charge in [0, 0.05) is 22.9 Å². The molecule has 0 saturated carbocycles. The molecule has 8 nitrogen and oxygen atoms in total. The molecule has 2 aromatic heterocycles. The van der Waals surface area contributed by atoms with Crippen molar-refractivity contribution < 1.29 is 14.4 Å². The fourth-order valence-electron chi connectivity index (χ4n) is 3.14. The highest BCUT2D eigenvalue weighted by Crippen LogP contribution is 2.36. The number of aryl methyl sites for hydroxylation is 1. The molecule has 0 fully saturated rings. The maximum atomic E-state index is 13.0. The summed E-state index contributed by atoms with van der Waals surface area (Å²) in [5.41, 5.74) is 1.09. The molecule has 1 aliphatic heterocycles. The van der Waals surface area contributed by atoms with Crippen LogP contribution in [0.4, 0.5) is 5.69 Å². The van der Waals surface area contributed by atoms with Crippen LogP contribution in [0.5, 0.6) is 0 Å². The Morgan fingerprint density at radius 3 is 2.77 bits per heavy atom. The van der Waals surface area contributed by atoms with Gasteiger partial charge >= 0.3 is 0 Å². The van der Waals surface area contributed by atoms with Crippen LogP contribution in [0.3, 0.4) is 0 Å². The number of aliphatic hydroxyl groups is 1. The van der Waals surface area contributed by atoms with Crippen LogP contribution in [-0.2, 0) is 0 Å². The molecule has 154 valence electrons. The average molecular weight is 405 g/mol. The number of hydrogen-bond acceptors (Lipinski definition) is 6. The summed E-state index contributed by atoms with van der Waals surface area (Å²) in [6, 6.07) is 5.56. The van der Waals surface area contributed by atoms with E-state index in [0.29, 0.717) is 23.0 Å². The van der Waals surface area contributed by atoms with Crippen molar-refractivity contribution in [1.82, 2.24) is 19.7 Å². The van der Waals surface area contributed by atoms with E-state index < -0.39 is 11.0 Å². The molecule has 0 spiro atoms. The first kappa shape index (κ1) is 19.8. The first-order valence-electron chi connectivity index (χ1n) is 9.55. The fourth-order valence-corrected chi connectivity index (χ4v) is 3.14. The molecule has 1 amide bonds. The van der Waals surface area contributed by atoms with E-state index in [0.717, 1.165) is 11.1 Å². The molecule has 1 aliphatic rings. The number of amides is 1. The highest BCUT2D eigenvalue weighted by atomic mass is 16.5. The van der Waals surface area contributed by atoms with E-state index in [1.54, 1.807) is 30.7 Å². The zero-order valence-corrected chi connectivity index (χ0v) is 17.2. The summed E-state index contributed by atoms with van der Waals surface area (Å²) in [5.74, 6) is 0.761. The molecule has 0 aliphatic carbocycles. The maximum Gasteiger partial charge on any atom is 0.274 e. The fraction of sp³-hybridized carbons (Fsp3) is 0.273. The molecule has 2 N–H and O–H groups in total. The van der Waals surface area contributed by atoms with Gasteiger partial charge in [-0.1, -0.05) is 29.4 Å². The highest BCUT2D eigenvalue weighted by molar-refractivity contribution is 6.04. The predicted octanol–water partition coefficient (Wildman–Crippen LogP) is 3.77. The SMILES string of the molecule is Cc1ccc(-c2ncon2)cc1NC(=O)c1cnc2n1C=CC(C)(C(C)(C)O)C=C2. The molecule has 1 aromatic carbocycles. The molecular weight excluding hydrogens is 382 g/mol. The number of rotatable bonds is 4. The van der Waals surface area contributed by atoms with Crippen molar-refractivity contribution in [1.29, 1.82) is 0 Å². The Morgan fingerprint density at radius 2 is 2.07 bits per heavy atom. The van der Waals surface area contributed by atoms with Crippen LogP contribution < -0.4 is 5.32 Å². The van der Waals surface area contributed by atoms with Gasteiger partial charge in [0.15, 0.2) is 0 Å². The van der Waals surface area contributed by atoms with Crippen molar-refractivity contribution in [3.63, 3.8) is 0 Å². The van der Waals surface area contributed by atoms with Crippen molar-refractivity contribution in [3.05, 3.63) is 60.0 Å². The molecule has 3 aromatic rings. The van der Waals surface area contributed by atoms with E-state index in [2.05, 4.69) is 20.4 Å². The number of aromatic nitrogens is 4. The summed E-state index contributed by atoms with van der Waals surface area (Å²) in [6.45, 7) is 7.34. The average Bonchev–Trinajstić information content (AvgIpc) is 3.32. The van der Waals surface area contributed by atoms with Gasteiger partial charge in [-0.2, -0.15) is 4.98 Å². The van der Waals surface area contributed by atoms with Crippen LogP contribution in [-0.4, -0.2) is 36.3 Å². The summed E-state index contributed by atoms with van der Waals surface area (Å²) >= 11 is 0. The van der Waals surface area contributed by atoms with E-state index in [9.17, 15) is 9.90 Å². The maximum absolute atomic E-state index is 13.0. The van der Waals surface area contributed by atoms with Gasteiger partial charge in [-0.15, -0.1) is 0 Å². The van der Waals surface area contributed by atoms with Gasteiger partial charge < -0.3 is 14.9 Å². The summed E-state index contributed by atoms with van der Waals surface area (Å²) in [7, 11) is 0. The second-order valence-corrected chi connectivity index (χ2v) is 8.10. The number of nitrogens with one attached hydrogen (secondary N) is 1. The van der Waals surface area contributed by atoms with E-state index in [-0.39, 0.29) is 5.91 Å². The zero-order valence-electron chi connectivity index (χ0n) is 17.2. The monoisotopic (exact) mass is 405 g/mol. The van der Waals surface area contributed by atoms with Crippen molar-refractivity contribution in [2.24, 2.45) is 5.41 Å². The van der Waals surface area contributed by atoms with Crippen molar-refractivity contribution in [3.8, 4) is 11.4 Å². The lowest BCUT2D eigenvalue weighted by atomic mass is 9.75. The Labute approximate surface area is 174 Å². The number of carbonyl (C=O) groups excluding carboxylic acids is 1. The Hall–Kier alpha value is -3.52. The molecule has 1 atom stereocenters. The minimum atomic E-state index is -0.973. The molecule has 8 heteroatoms. The van der Waals surface area contributed by atoms with Gasteiger partial charge in [0.1, 0.15) is 11.5 Å². The van der Waals surface area contributed by atoms with Crippen LogP contribution >= 0.6 is 0 Å².